The second kappa shape index (κ2) is 12.3. The molecule has 1 saturated carbocycles. The fraction of sp³-hybridized carbons (Fsp3) is 0.652. The summed E-state index contributed by atoms with van der Waals surface area (Å²) in [6, 6.07) is 6.65. The Bertz CT molecular complexity index is 626. The summed E-state index contributed by atoms with van der Waals surface area (Å²) in [5.74, 6) is 2.22. The molecule has 156 valence electrons. The lowest BCUT2D eigenvalue weighted by Crippen LogP contribution is -2.46. The van der Waals surface area contributed by atoms with Gasteiger partial charge in [-0.2, -0.15) is 0 Å². The van der Waals surface area contributed by atoms with Crippen molar-refractivity contribution in [2.45, 2.75) is 75.6 Å². The molecule has 2 rings (SSSR count). The first-order chi connectivity index (χ1) is 13.5. The van der Waals surface area contributed by atoms with Crippen molar-refractivity contribution in [2.75, 3.05) is 19.3 Å². The Balaban J connectivity index is 1.79. The first-order valence-corrected chi connectivity index (χ1v) is 11.7. The molecule has 1 atom stereocenters. The van der Waals surface area contributed by atoms with Crippen LogP contribution in [0.15, 0.2) is 28.1 Å². The summed E-state index contributed by atoms with van der Waals surface area (Å²) in [4.78, 5) is 17.8. The summed E-state index contributed by atoms with van der Waals surface area (Å²) in [6.45, 7) is 8.94. The third-order valence-corrected chi connectivity index (χ3v) is 6.75. The molecule has 1 aromatic rings. The third kappa shape index (κ3) is 7.25. The number of benzene rings is 1. The fourth-order valence-corrected chi connectivity index (χ4v) is 4.93. The van der Waals surface area contributed by atoms with Gasteiger partial charge in [0.2, 0.25) is 5.91 Å². The average molecular weight is 404 g/mol. The SMILES string of the molecule is C=Nc1ccc(C(C)C)cc1SCCCC(=O)NC(CNC)C1CCCCC1. The Morgan fingerprint density at radius 3 is 2.68 bits per heavy atom. The number of likely N-dealkylation sites (N-methyl/N-ethyl adjacent to an activating group) is 1. The Morgan fingerprint density at radius 2 is 2.04 bits per heavy atom. The van der Waals surface area contributed by atoms with E-state index in [2.05, 4.69) is 48.3 Å². The lowest BCUT2D eigenvalue weighted by atomic mass is 9.83. The van der Waals surface area contributed by atoms with Crippen LogP contribution in [-0.4, -0.2) is 38.0 Å². The van der Waals surface area contributed by atoms with Crippen molar-refractivity contribution in [1.29, 1.82) is 0 Å². The smallest absolute Gasteiger partial charge is 0.220 e. The maximum atomic E-state index is 12.5. The van der Waals surface area contributed by atoms with Gasteiger partial charge in [-0.3, -0.25) is 9.79 Å². The molecule has 4 nitrogen and oxygen atoms in total. The van der Waals surface area contributed by atoms with E-state index in [9.17, 15) is 4.79 Å². The van der Waals surface area contributed by atoms with Crippen molar-refractivity contribution in [3.8, 4) is 0 Å². The molecule has 1 aliphatic rings. The largest absolute Gasteiger partial charge is 0.352 e. The fourth-order valence-electron chi connectivity index (χ4n) is 3.92. The molecule has 0 heterocycles. The number of nitrogens with zero attached hydrogens (tertiary/aromatic N) is 1. The Morgan fingerprint density at radius 1 is 1.29 bits per heavy atom. The molecule has 0 aliphatic heterocycles. The summed E-state index contributed by atoms with van der Waals surface area (Å²) in [5.41, 5.74) is 2.25. The monoisotopic (exact) mass is 403 g/mol. The molecule has 5 heteroatoms. The van der Waals surface area contributed by atoms with Crippen molar-refractivity contribution in [1.82, 2.24) is 10.6 Å². The Kier molecular flexibility index (Phi) is 10.1. The van der Waals surface area contributed by atoms with Crippen LogP contribution in [0.1, 0.15) is 70.3 Å². The normalized spacial score (nSPS) is 16.1. The molecule has 0 bridgehead atoms. The van der Waals surface area contributed by atoms with Gasteiger partial charge >= 0.3 is 0 Å². The van der Waals surface area contributed by atoms with E-state index in [-0.39, 0.29) is 11.9 Å². The lowest BCUT2D eigenvalue weighted by molar-refractivity contribution is -0.122. The maximum absolute atomic E-state index is 12.5. The van der Waals surface area contributed by atoms with Crippen LogP contribution in [0, 0.1) is 5.92 Å². The second-order valence-corrected chi connectivity index (χ2v) is 9.26. The van der Waals surface area contributed by atoms with E-state index < -0.39 is 0 Å². The van der Waals surface area contributed by atoms with Gasteiger partial charge in [-0.25, -0.2) is 0 Å². The number of aliphatic imine (C=N–C) groups is 1. The number of thioether (sulfide) groups is 1. The maximum Gasteiger partial charge on any atom is 0.220 e. The van der Waals surface area contributed by atoms with E-state index in [1.807, 2.05) is 13.1 Å². The predicted molar refractivity (Wildman–Crippen MR) is 122 cm³/mol. The van der Waals surface area contributed by atoms with Crippen molar-refractivity contribution >= 4 is 30.1 Å². The molecular weight excluding hydrogens is 366 g/mol. The van der Waals surface area contributed by atoms with Crippen molar-refractivity contribution in [3.05, 3.63) is 23.8 Å². The van der Waals surface area contributed by atoms with Crippen LogP contribution < -0.4 is 10.6 Å². The van der Waals surface area contributed by atoms with Crippen LogP contribution in [0.5, 0.6) is 0 Å². The average Bonchev–Trinajstić information content (AvgIpc) is 2.71. The molecular formula is C23H37N3OS. The number of amides is 1. The van der Waals surface area contributed by atoms with Crippen LogP contribution in [0.2, 0.25) is 0 Å². The van der Waals surface area contributed by atoms with Gasteiger partial charge in [0, 0.05) is 23.9 Å². The molecule has 1 aromatic carbocycles. The Hall–Kier alpha value is -1.33. The highest BCUT2D eigenvalue weighted by atomic mass is 32.2. The van der Waals surface area contributed by atoms with E-state index in [1.165, 1.54) is 37.7 Å². The van der Waals surface area contributed by atoms with Gasteiger partial charge in [0.15, 0.2) is 0 Å². The van der Waals surface area contributed by atoms with Gasteiger partial charge in [-0.05, 0) is 68.3 Å². The molecule has 1 aliphatic carbocycles. The summed E-state index contributed by atoms with van der Waals surface area (Å²) in [5, 5.41) is 6.54. The molecule has 0 spiro atoms. The minimum absolute atomic E-state index is 0.185. The minimum Gasteiger partial charge on any atom is -0.352 e. The predicted octanol–water partition coefficient (Wildman–Crippen LogP) is 5.30. The van der Waals surface area contributed by atoms with Gasteiger partial charge in [-0.1, -0.05) is 39.2 Å². The molecule has 28 heavy (non-hydrogen) atoms. The summed E-state index contributed by atoms with van der Waals surface area (Å²) >= 11 is 1.78. The number of hydrogen-bond acceptors (Lipinski definition) is 4. The van der Waals surface area contributed by atoms with Gasteiger partial charge in [0.25, 0.3) is 0 Å². The van der Waals surface area contributed by atoms with Gasteiger partial charge in [0.1, 0.15) is 0 Å². The van der Waals surface area contributed by atoms with Crippen LogP contribution in [0.25, 0.3) is 0 Å². The van der Waals surface area contributed by atoms with Crippen LogP contribution >= 0.6 is 11.8 Å². The number of carbonyl (C=O) groups excluding carboxylic acids is 1. The second-order valence-electron chi connectivity index (χ2n) is 8.12. The molecule has 1 amide bonds. The number of nitrogens with one attached hydrogen (secondary N) is 2. The minimum atomic E-state index is 0.185. The molecule has 2 N–H and O–H groups in total. The summed E-state index contributed by atoms with van der Waals surface area (Å²) in [7, 11) is 1.97. The van der Waals surface area contributed by atoms with E-state index in [0.717, 1.165) is 29.3 Å². The summed E-state index contributed by atoms with van der Waals surface area (Å²) < 4.78 is 0. The van der Waals surface area contributed by atoms with Crippen molar-refractivity contribution in [2.24, 2.45) is 10.9 Å². The highest BCUT2D eigenvalue weighted by Gasteiger charge is 2.24. The first kappa shape index (κ1) is 23.0. The van der Waals surface area contributed by atoms with E-state index in [4.69, 9.17) is 0 Å². The van der Waals surface area contributed by atoms with Crippen LogP contribution in [-0.2, 0) is 4.79 Å². The molecule has 0 saturated heterocycles. The number of hydrogen-bond donors (Lipinski definition) is 2. The molecule has 0 aromatic heterocycles. The standard InChI is InChI=1S/C23H37N3OS/c1-17(2)19-12-13-20(25-4)22(15-19)28-14-8-11-23(27)26-21(16-24-3)18-9-6-5-7-10-18/h12-13,15,17-18,21,24H,4-11,14,16H2,1-3H3,(H,26,27). The van der Waals surface area contributed by atoms with Crippen molar-refractivity contribution in [3.63, 3.8) is 0 Å². The zero-order valence-corrected chi connectivity index (χ0v) is 18.6. The third-order valence-electron chi connectivity index (χ3n) is 5.62. The lowest BCUT2D eigenvalue weighted by Gasteiger charge is -2.31. The molecule has 1 fully saturated rings. The summed E-state index contributed by atoms with van der Waals surface area (Å²) in [6.07, 6.45) is 7.88. The van der Waals surface area contributed by atoms with E-state index in [1.54, 1.807) is 11.8 Å². The topological polar surface area (TPSA) is 53.5 Å². The van der Waals surface area contributed by atoms with E-state index >= 15 is 0 Å². The van der Waals surface area contributed by atoms with Crippen molar-refractivity contribution < 1.29 is 4.79 Å². The van der Waals surface area contributed by atoms with E-state index in [0.29, 0.717) is 18.3 Å². The van der Waals surface area contributed by atoms with Gasteiger partial charge in [0.05, 0.1) is 5.69 Å². The zero-order chi connectivity index (χ0) is 20.4. The Labute approximate surface area is 175 Å². The van der Waals surface area contributed by atoms with Crippen LogP contribution in [0.4, 0.5) is 5.69 Å². The van der Waals surface area contributed by atoms with Gasteiger partial charge < -0.3 is 10.6 Å². The first-order valence-electron chi connectivity index (χ1n) is 10.7. The highest BCUT2D eigenvalue weighted by Crippen LogP contribution is 2.33. The number of carbonyl (C=O) groups is 1. The number of rotatable bonds is 11. The quantitative estimate of drug-likeness (QED) is 0.299. The molecule has 1 unspecified atom stereocenters. The highest BCUT2D eigenvalue weighted by molar-refractivity contribution is 7.99. The van der Waals surface area contributed by atoms with Crippen LogP contribution in [0.3, 0.4) is 0 Å². The van der Waals surface area contributed by atoms with Gasteiger partial charge in [-0.15, -0.1) is 11.8 Å². The molecule has 0 radical (unpaired) electrons. The zero-order valence-electron chi connectivity index (χ0n) is 17.8.